The second-order valence-electron chi connectivity index (χ2n) is 5.21. The van der Waals surface area contributed by atoms with E-state index in [0.717, 1.165) is 11.3 Å². The third-order valence-electron chi connectivity index (χ3n) is 3.47. The molecule has 0 spiro atoms. The molecule has 1 heterocycles. The van der Waals surface area contributed by atoms with Crippen LogP contribution in [0.5, 0.6) is 5.75 Å². The van der Waals surface area contributed by atoms with Crippen LogP contribution in [0.15, 0.2) is 30.6 Å². The summed E-state index contributed by atoms with van der Waals surface area (Å²) in [6, 6.07) is 7.77. The first-order valence-corrected chi connectivity index (χ1v) is 7.92. The molecule has 1 aromatic heterocycles. The third-order valence-corrected chi connectivity index (χ3v) is 3.47. The summed E-state index contributed by atoms with van der Waals surface area (Å²) in [6.45, 7) is 4.60. The Morgan fingerprint density at radius 1 is 1.29 bits per heavy atom. The normalized spacial score (nSPS) is 10.6. The molecule has 130 valence electrons. The van der Waals surface area contributed by atoms with Gasteiger partial charge in [-0.2, -0.15) is 0 Å². The number of amides is 1. The summed E-state index contributed by atoms with van der Waals surface area (Å²) < 4.78 is 12.1. The molecule has 0 aliphatic heterocycles. The van der Waals surface area contributed by atoms with Crippen LogP contribution in [0.3, 0.4) is 0 Å². The van der Waals surface area contributed by atoms with Crippen molar-refractivity contribution in [3.05, 3.63) is 36.2 Å². The summed E-state index contributed by atoms with van der Waals surface area (Å²) in [4.78, 5) is 14.3. The maximum absolute atomic E-state index is 12.5. The minimum absolute atomic E-state index is 0.0384. The topological polar surface area (TPSA) is 82.4 Å². The molecule has 0 aliphatic carbocycles. The molecule has 0 N–H and O–H groups in total. The van der Waals surface area contributed by atoms with Crippen LogP contribution < -0.4 is 4.74 Å². The Labute approximate surface area is 141 Å². The number of carbonyl (C=O) groups is 1. The number of nitrogens with zero attached hydrogens (tertiary/aromatic N) is 5. The average molecular weight is 333 g/mol. The highest BCUT2D eigenvalue weighted by Crippen LogP contribution is 2.14. The maximum Gasteiger partial charge on any atom is 0.224 e. The standard InChI is InChI=1S/C16H23N5O3/c1-3-24-15-6-4-14(5-7-15)12-20(10-11-23-2)16(22)8-9-21-13-17-18-19-21/h4-7,13H,3,8-12H2,1-2H3. The van der Waals surface area contributed by atoms with Crippen LogP contribution in [0, 0.1) is 0 Å². The van der Waals surface area contributed by atoms with Gasteiger partial charge in [-0.3, -0.25) is 4.79 Å². The van der Waals surface area contributed by atoms with E-state index in [1.807, 2.05) is 31.2 Å². The fraction of sp³-hybridized carbons (Fsp3) is 0.500. The summed E-state index contributed by atoms with van der Waals surface area (Å²) in [5.74, 6) is 0.867. The highest BCUT2D eigenvalue weighted by molar-refractivity contribution is 5.76. The van der Waals surface area contributed by atoms with Crippen LogP contribution in [0.1, 0.15) is 18.9 Å². The lowest BCUT2D eigenvalue weighted by atomic mass is 10.2. The number of methoxy groups -OCH3 is 1. The van der Waals surface area contributed by atoms with E-state index < -0.39 is 0 Å². The number of hydrogen-bond acceptors (Lipinski definition) is 6. The highest BCUT2D eigenvalue weighted by atomic mass is 16.5. The van der Waals surface area contributed by atoms with Gasteiger partial charge in [0.2, 0.25) is 5.91 Å². The molecule has 0 aliphatic rings. The van der Waals surface area contributed by atoms with Gasteiger partial charge in [-0.05, 0) is 35.0 Å². The van der Waals surface area contributed by atoms with Gasteiger partial charge < -0.3 is 14.4 Å². The van der Waals surface area contributed by atoms with Gasteiger partial charge in [-0.1, -0.05) is 12.1 Å². The fourth-order valence-electron chi connectivity index (χ4n) is 2.22. The van der Waals surface area contributed by atoms with E-state index >= 15 is 0 Å². The number of benzene rings is 1. The zero-order valence-electron chi connectivity index (χ0n) is 14.1. The van der Waals surface area contributed by atoms with Crippen molar-refractivity contribution in [3.8, 4) is 5.75 Å². The van der Waals surface area contributed by atoms with Crippen LogP contribution in [-0.2, 0) is 22.6 Å². The molecule has 0 bridgehead atoms. The first kappa shape index (κ1) is 17.9. The first-order chi connectivity index (χ1) is 11.7. The lowest BCUT2D eigenvalue weighted by molar-refractivity contribution is -0.132. The molecule has 0 saturated heterocycles. The molecule has 0 saturated carbocycles. The number of rotatable bonds is 10. The summed E-state index contributed by atoms with van der Waals surface area (Å²) in [6.07, 6.45) is 1.84. The molecule has 1 aromatic carbocycles. The summed E-state index contributed by atoms with van der Waals surface area (Å²) >= 11 is 0. The molecule has 0 atom stereocenters. The Morgan fingerprint density at radius 3 is 2.71 bits per heavy atom. The van der Waals surface area contributed by atoms with E-state index in [-0.39, 0.29) is 5.91 Å². The van der Waals surface area contributed by atoms with Crippen LogP contribution in [0.4, 0.5) is 0 Å². The van der Waals surface area contributed by atoms with Gasteiger partial charge >= 0.3 is 0 Å². The van der Waals surface area contributed by atoms with E-state index in [1.165, 1.54) is 6.33 Å². The van der Waals surface area contributed by atoms with Gasteiger partial charge in [0.15, 0.2) is 0 Å². The Bertz CT molecular complexity index is 601. The van der Waals surface area contributed by atoms with Gasteiger partial charge in [0.05, 0.1) is 19.8 Å². The zero-order valence-corrected chi connectivity index (χ0v) is 14.1. The van der Waals surface area contributed by atoms with Crippen LogP contribution in [-0.4, -0.2) is 57.9 Å². The van der Waals surface area contributed by atoms with Gasteiger partial charge in [0, 0.05) is 26.6 Å². The molecule has 24 heavy (non-hydrogen) atoms. The van der Waals surface area contributed by atoms with Gasteiger partial charge in [-0.25, -0.2) is 4.68 Å². The molecule has 0 unspecified atom stereocenters. The van der Waals surface area contributed by atoms with E-state index in [2.05, 4.69) is 15.5 Å². The molecule has 0 radical (unpaired) electrons. The second-order valence-corrected chi connectivity index (χ2v) is 5.21. The Hall–Kier alpha value is -2.48. The van der Waals surface area contributed by atoms with Crippen molar-refractivity contribution >= 4 is 5.91 Å². The molecule has 2 aromatic rings. The van der Waals surface area contributed by atoms with E-state index in [1.54, 1.807) is 16.7 Å². The van der Waals surface area contributed by atoms with Gasteiger partial charge in [0.25, 0.3) is 0 Å². The predicted molar refractivity (Wildman–Crippen MR) is 87.3 cm³/mol. The van der Waals surface area contributed by atoms with Crippen molar-refractivity contribution in [1.29, 1.82) is 0 Å². The average Bonchev–Trinajstić information content (AvgIpc) is 3.12. The number of aryl methyl sites for hydroxylation is 1. The molecular formula is C16H23N5O3. The quantitative estimate of drug-likeness (QED) is 0.648. The number of carbonyl (C=O) groups excluding carboxylic acids is 1. The van der Waals surface area contributed by atoms with Gasteiger partial charge in [-0.15, -0.1) is 5.10 Å². The first-order valence-electron chi connectivity index (χ1n) is 7.92. The fourth-order valence-corrected chi connectivity index (χ4v) is 2.22. The molecule has 8 nitrogen and oxygen atoms in total. The summed E-state index contributed by atoms with van der Waals surface area (Å²) in [7, 11) is 1.63. The SMILES string of the molecule is CCOc1ccc(CN(CCOC)C(=O)CCn2cnnn2)cc1. The van der Waals surface area contributed by atoms with Crippen LogP contribution in [0.2, 0.25) is 0 Å². The van der Waals surface area contributed by atoms with Crippen molar-refractivity contribution < 1.29 is 14.3 Å². The van der Waals surface area contributed by atoms with Crippen LogP contribution in [0.25, 0.3) is 0 Å². The van der Waals surface area contributed by atoms with Crippen molar-refractivity contribution in [2.75, 3.05) is 26.9 Å². The smallest absolute Gasteiger partial charge is 0.224 e. The predicted octanol–water partition coefficient (Wildman–Crippen LogP) is 1.14. The molecule has 2 rings (SSSR count). The van der Waals surface area contributed by atoms with E-state index in [9.17, 15) is 4.79 Å². The monoisotopic (exact) mass is 333 g/mol. The van der Waals surface area contributed by atoms with Crippen molar-refractivity contribution in [3.63, 3.8) is 0 Å². The third kappa shape index (κ3) is 5.62. The largest absolute Gasteiger partial charge is 0.494 e. The van der Waals surface area contributed by atoms with Gasteiger partial charge in [0.1, 0.15) is 12.1 Å². The number of aromatic nitrogens is 4. The second kappa shape index (κ2) is 9.61. The number of tetrazole rings is 1. The van der Waals surface area contributed by atoms with Crippen molar-refractivity contribution in [1.82, 2.24) is 25.1 Å². The molecular weight excluding hydrogens is 310 g/mol. The lowest BCUT2D eigenvalue weighted by Gasteiger charge is -2.22. The number of ether oxygens (including phenoxy) is 2. The minimum atomic E-state index is 0.0384. The molecule has 0 fully saturated rings. The van der Waals surface area contributed by atoms with Crippen molar-refractivity contribution in [2.24, 2.45) is 0 Å². The van der Waals surface area contributed by atoms with E-state index in [4.69, 9.17) is 9.47 Å². The Balaban J connectivity index is 1.94. The summed E-state index contributed by atoms with van der Waals surface area (Å²) in [5.41, 5.74) is 1.05. The Kier molecular flexibility index (Phi) is 7.16. The highest BCUT2D eigenvalue weighted by Gasteiger charge is 2.14. The van der Waals surface area contributed by atoms with E-state index in [0.29, 0.717) is 39.3 Å². The maximum atomic E-state index is 12.5. The molecule has 8 heteroatoms. The summed E-state index contributed by atoms with van der Waals surface area (Å²) in [5, 5.41) is 10.9. The Morgan fingerprint density at radius 2 is 2.08 bits per heavy atom. The lowest BCUT2D eigenvalue weighted by Crippen LogP contribution is -2.34. The van der Waals surface area contributed by atoms with Crippen molar-refractivity contribution in [2.45, 2.75) is 26.4 Å². The number of hydrogen-bond donors (Lipinski definition) is 0. The van der Waals surface area contributed by atoms with Crippen LogP contribution >= 0.6 is 0 Å². The molecule has 1 amide bonds. The zero-order chi connectivity index (χ0) is 17.2. The minimum Gasteiger partial charge on any atom is -0.494 e.